The van der Waals surface area contributed by atoms with Crippen molar-refractivity contribution in [3.8, 4) is 0 Å². The highest BCUT2D eigenvalue weighted by atomic mass is 14.9. The summed E-state index contributed by atoms with van der Waals surface area (Å²) in [5, 5.41) is 4.82. The predicted octanol–water partition coefficient (Wildman–Crippen LogP) is 2.82. The largest absolute Gasteiger partial charge is 0.384 e. The standard InChI is InChI=1S/C13H14N2/c1-8-9(2)15-11-5-3-4-10-6-7-14-13(8)12(10)11/h3-5,14H,6-7H2,1-2H3. The Balaban J connectivity index is 2.51. The minimum atomic E-state index is 1.04. The first kappa shape index (κ1) is 8.72. The maximum Gasteiger partial charge on any atom is 0.0728 e. The molecule has 0 saturated carbocycles. The van der Waals surface area contributed by atoms with Gasteiger partial charge >= 0.3 is 0 Å². The number of aromatic nitrogens is 1. The molecule has 0 fully saturated rings. The van der Waals surface area contributed by atoms with Gasteiger partial charge in [-0.3, -0.25) is 4.98 Å². The van der Waals surface area contributed by atoms with E-state index in [9.17, 15) is 0 Å². The van der Waals surface area contributed by atoms with Gasteiger partial charge in [0.25, 0.3) is 0 Å². The molecule has 0 saturated heterocycles. The fourth-order valence-corrected chi connectivity index (χ4v) is 2.35. The molecule has 2 nitrogen and oxygen atoms in total. The van der Waals surface area contributed by atoms with E-state index < -0.39 is 0 Å². The number of aryl methyl sites for hydroxylation is 1. The van der Waals surface area contributed by atoms with E-state index in [0.29, 0.717) is 0 Å². The van der Waals surface area contributed by atoms with E-state index in [1.165, 1.54) is 22.2 Å². The van der Waals surface area contributed by atoms with Crippen molar-refractivity contribution in [3.63, 3.8) is 0 Å². The van der Waals surface area contributed by atoms with Gasteiger partial charge in [-0.2, -0.15) is 0 Å². The molecule has 0 amide bonds. The number of nitrogens with zero attached hydrogens (tertiary/aromatic N) is 1. The van der Waals surface area contributed by atoms with Gasteiger partial charge in [-0.25, -0.2) is 0 Å². The normalized spacial score (nSPS) is 14.0. The molecule has 15 heavy (non-hydrogen) atoms. The second kappa shape index (κ2) is 2.96. The zero-order valence-electron chi connectivity index (χ0n) is 9.09. The molecular weight excluding hydrogens is 184 g/mol. The number of rotatable bonds is 0. The zero-order valence-corrected chi connectivity index (χ0v) is 9.09. The minimum Gasteiger partial charge on any atom is -0.384 e. The van der Waals surface area contributed by atoms with Crippen LogP contribution in [-0.4, -0.2) is 11.5 Å². The van der Waals surface area contributed by atoms with E-state index in [-0.39, 0.29) is 0 Å². The molecule has 1 aromatic carbocycles. The summed E-state index contributed by atoms with van der Waals surface area (Å²) in [6.45, 7) is 5.26. The van der Waals surface area contributed by atoms with Crippen molar-refractivity contribution >= 4 is 16.6 Å². The highest BCUT2D eigenvalue weighted by molar-refractivity contribution is 5.97. The summed E-state index contributed by atoms with van der Waals surface area (Å²) in [5.41, 5.74) is 6.26. The molecule has 2 aromatic rings. The van der Waals surface area contributed by atoms with Crippen LogP contribution >= 0.6 is 0 Å². The minimum absolute atomic E-state index is 1.04. The third-order valence-electron chi connectivity index (χ3n) is 3.28. The fourth-order valence-electron chi connectivity index (χ4n) is 2.35. The Kier molecular flexibility index (Phi) is 1.72. The lowest BCUT2D eigenvalue weighted by molar-refractivity contribution is 0.999. The quantitative estimate of drug-likeness (QED) is 0.704. The second-order valence-corrected chi connectivity index (χ2v) is 4.19. The highest BCUT2D eigenvalue weighted by Crippen LogP contribution is 2.33. The fraction of sp³-hybridized carbons (Fsp3) is 0.308. The molecule has 76 valence electrons. The van der Waals surface area contributed by atoms with Crippen molar-refractivity contribution < 1.29 is 0 Å². The monoisotopic (exact) mass is 198 g/mol. The molecule has 0 bridgehead atoms. The summed E-state index contributed by atoms with van der Waals surface area (Å²) in [6, 6.07) is 6.42. The molecule has 1 aromatic heterocycles. The Morgan fingerprint density at radius 1 is 1.27 bits per heavy atom. The number of pyridine rings is 1. The Labute approximate surface area is 89.3 Å². The summed E-state index contributed by atoms with van der Waals surface area (Å²) in [4.78, 5) is 4.64. The summed E-state index contributed by atoms with van der Waals surface area (Å²) in [5.74, 6) is 0. The van der Waals surface area contributed by atoms with Crippen LogP contribution in [0.5, 0.6) is 0 Å². The second-order valence-electron chi connectivity index (χ2n) is 4.19. The van der Waals surface area contributed by atoms with Gasteiger partial charge in [0.2, 0.25) is 0 Å². The topological polar surface area (TPSA) is 24.9 Å². The van der Waals surface area contributed by atoms with Crippen LogP contribution in [0.1, 0.15) is 16.8 Å². The number of anilines is 1. The average molecular weight is 198 g/mol. The summed E-state index contributed by atoms with van der Waals surface area (Å²) in [7, 11) is 0. The molecule has 0 aliphatic carbocycles. The average Bonchev–Trinajstić information content (AvgIpc) is 2.26. The van der Waals surface area contributed by atoms with E-state index in [1.807, 2.05) is 0 Å². The van der Waals surface area contributed by atoms with Crippen LogP contribution in [0.2, 0.25) is 0 Å². The van der Waals surface area contributed by atoms with Gasteiger partial charge in [0.1, 0.15) is 0 Å². The molecule has 1 N–H and O–H groups in total. The molecule has 0 atom stereocenters. The molecule has 2 heteroatoms. The first-order chi connectivity index (χ1) is 7.27. The summed E-state index contributed by atoms with van der Waals surface area (Å²) < 4.78 is 0. The molecule has 2 heterocycles. The van der Waals surface area contributed by atoms with Crippen LogP contribution in [0.25, 0.3) is 10.9 Å². The maximum atomic E-state index is 4.64. The van der Waals surface area contributed by atoms with E-state index >= 15 is 0 Å². The van der Waals surface area contributed by atoms with E-state index in [2.05, 4.69) is 42.3 Å². The molecule has 0 unspecified atom stereocenters. The van der Waals surface area contributed by atoms with Gasteiger partial charge in [-0.1, -0.05) is 12.1 Å². The lowest BCUT2D eigenvalue weighted by atomic mass is 9.97. The van der Waals surface area contributed by atoms with Crippen LogP contribution in [0.15, 0.2) is 18.2 Å². The van der Waals surface area contributed by atoms with Crippen LogP contribution < -0.4 is 5.32 Å². The molecular formula is C13H14N2. The molecule has 0 spiro atoms. The van der Waals surface area contributed by atoms with Crippen molar-refractivity contribution in [1.29, 1.82) is 0 Å². The van der Waals surface area contributed by atoms with E-state index in [1.54, 1.807) is 0 Å². The number of nitrogens with one attached hydrogen (secondary N) is 1. The molecule has 1 aliphatic rings. The van der Waals surface area contributed by atoms with Gasteiger partial charge in [0.05, 0.1) is 5.52 Å². The van der Waals surface area contributed by atoms with Crippen molar-refractivity contribution in [2.24, 2.45) is 0 Å². The lowest BCUT2D eigenvalue weighted by Gasteiger charge is -2.21. The Hall–Kier alpha value is -1.57. The van der Waals surface area contributed by atoms with Crippen LogP contribution in [0.4, 0.5) is 5.69 Å². The van der Waals surface area contributed by atoms with Gasteiger partial charge in [0.15, 0.2) is 0 Å². The van der Waals surface area contributed by atoms with Crippen LogP contribution in [0, 0.1) is 13.8 Å². The molecule has 0 radical (unpaired) electrons. The summed E-state index contributed by atoms with van der Waals surface area (Å²) in [6.07, 6.45) is 1.11. The van der Waals surface area contributed by atoms with E-state index in [0.717, 1.165) is 24.2 Å². The van der Waals surface area contributed by atoms with Gasteiger partial charge in [-0.05, 0) is 37.5 Å². The van der Waals surface area contributed by atoms with Crippen molar-refractivity contribution in [1.82, 2.24) is 4.98 Å². The first-order valence-corrected chi connectivity index (χ1v) is 5.40. The Bertz CT molecular complexity index is 544. The third-order valence-corrected chi connectivity index (χ3v) is 3.28. The number of hydrogen-bond donors (Lipinski definition) is 1. The summed E-state index contributed by atoms with van der Waals surface area (Å²) >= 11 is 0. The zero-order chi connectivity index (χ0) is 10.4. The number of benzene rings is 1. The van der Waals surface area contributed by atoms with Gasteiger partial charge in [0, 0.05) is 23.3 Å². The maximum absolute atomic E-state index is 4.64. The van der Waals surface area contributed by atoms with Crippen LogP contribution in [0.3, 0.4) is 0 Å². The molecule has 3 rings (SSSR count). The first-order valence-electron chi connectivity index (χ1n) is 5.40. The van der Waals surface area contributed by atoms with Crippen molar-refractivity contribution in [2.75, 3.05) is 11.9 Å². The highest BCUT2D eigenvalue weighted by Gasteiger charge is 2.15. The lowest BCUT2D eigenvalue weighted by Crippen LogP contribution is -2.14. The van der Waals surface area contributed by atoms with Crippen molar-refractivity contribution in [3.05, 3.63) is 35.0 Å². The van der Waals surface area contributed by atoms with Crippen LogP contribution in [-0.2, 0) is 6.42 Å². The molecule has 1 aliphatic heterocycles. The van der Waals surface area contributed by atoms with Crippen molar-refractivity contribution in [2.45, 2.75) is 20.3 Å². The Morgan fingerprint density at radius 2 is 2.13 bits per heavy atom. The van der Waals surface area contributed by atoms with Gasteiger partial charge in [-0.15, -0.1) is 0 Å². The van der Waals surface area contributed by atoms with Gasteiger partial charge < -0.3 is 5.32 Å². The third kappa shape index (κ3) is 1.14. The van der Waals surface area contributed by atoms with E-state index in [4.69, 9.17) is 0 Å². The Morgan fingerprint density at radius 3 is 3.00 bits per heavy atom. The SMILES string of the molecule is Cc1nc2cccc3c2c(c1C)NCC3. The smallest absolute Gasteiger partial charge is 0.0728 e. The predicted molar refractivity (Wildman–Crippen MR) is 63.4 cm³/mol. The number of hydrogen-bond acceptors (Lipinski definition) is 2.